The second-order valence-electron chi connectivity index (χ2n) is 5.04. The van der Waals surface area contributed by atoms with Crippen molar-refractivity contribution in [1.82, 2.24) is 14.3 Å². The fourth-order valence-corrected chi connectivity index (χ4v) is 3.39. The molecule has 116 valence electrons. The van der Waals surface area contributed by atoms with Crippen LogP contribution in [0.15, 0.2) is 29.4 Å². The van der Waals surface area contributed by atoms with E-state index >= 15 is 0 Å². The average molecular weight is 328 g/mol. The van der Waals surface area contributed by atoms with E-state index in [1.807, 2.05) is 0 Å². The molecule has 2 heterocycles. The quantitative estimate of drug-likeness (QED) is 0.678. The number of aryl methyl sites for hydroxylation is 2. The summed E-state index contributed by atoms with van der Waals surface area (Å²) in [5.41, 5.74) is 1.79. The third-order valence-corrected chi connectivity index (χ3v) is 4.35. The number of hydrogen-bond donors (Lipinski definition) is 0. The molecule has 0 saturated heterocycles. The van der Waals surface area contributed by atoms with Gasteiger partial charge in [-0.15, -0.1) is 6.42 Å². The minimum Gasteiger partial charge on any atom is -0.305 e. The van der Waals surface area contributed by atoms with Gasteiger partial charge in [0.1, 0.15) is 5.82 Å². The molecule has 7 heteroatoms. The number of benzene rings is 1. The van der Waals surface area contributed by atoms with Gasteiger partial charge in [-0.05, 0) is 25.1 Å². The zero-order valence-electron chi connectivity index (χ0n) is 12.6. The molecule has 1 aromatic carbocycles. The summed E-state index contributed by atoms with van der Waals surface area (Å²) >= 11 is 1.22. The Hall–Kier alpha value is -2.72. The molecule has 0 saturated carbocycles. The summed E-state index contributed by atoms with van der Waals surface area (Å²) in [5, 5.41) is 4.12. The molecular formula is C16H13FN4OS. The molecule has 3 aromatic rings. The molecule has 0 aliphatic rings. The van der Waals surface area contributed by atoms with Gasteiger partial charge in [-0.1, -0.05) is 17.3 Å². The first-order valence-corrected chi connectivity index (χ1v) is 7.63. The fourth-order valence-electron chi connectivity index (χ4n) is 2.33. The molecule has 0 fully saturated rings. The van der Waals surface area contributed by atoms with Crippen LogP contribution < -0.4 is 4.80 Å². The number of nitrogens with zero attached hydrogens (tertiary/aromatic N) is 4. The lowest BCUT2D eigenvalue weighted by Crippen LogP contribution is -2.17. The maximum atomic E-state index is 13.4. The van der Waals surface area contributed by atoms with Crippen LogP contribution in [0, 0.1) is 25.1 Å². The van der Waals surface area contributed by atoms with Crippen molar-refractivity contribution < 1.29 is 9.18 Å². The van der Waals surface area contributed by atoms with Crippen LogP contribution in [-0.4, -0.2) is 20.3 Å². The lowest BCUT2D eigenvalue weighted by molar-refractivity contribution is 0.0992. The Kier molecular flexibility index (Phi) is 3.84. The maximum absolute atomic E-state index is 13.4. The van der Waals surface area contributed by atoms with Crippen molar-refractivity contribution in [1.29, 1.82) is 0 Å². The molecule has 1 amide bonds. The minimum atomic E-state index is -0.444. The number of halogens is 1. The number of thiazole rings is 1. The molecule has 0 atom stereocenters. The van der Waals surface area contributed by atoms with Crippen molar-refractivity contribution in [2.45, 2.75) is 13.5 Å². The Balaban J connectivity index is 2.18. The van der Waals surface area contributed by atoms with E-state index in [9.17, 15) is 9.18 Å². The van der Waals surface area contributed by atoms with E-state index in [4.69, 9.17) is 6.42 Å². The molecule has 0 unspecified atom stereocenters. The Morgan fingerprint density at radius 1 is 1.52 bits per heavy atom. The molecule has 0 aliphatic carbocycles. The lowest BCUT2D eigenvalue weighted by atomic mass is 10.3. The van der Waals surface area contributed by atoms with Crippen molar-refractivity contribution in [3.8, 4) is 12.3 Å². The Morgan fingerprint density at radius 3 is 2.96 bits per heavy atom. The van der Waals surface area contributed by atoms with Crippen molar-refractivity contribution in [2.24, 2.45) is 12.0 Å². The van der Waals surface area contributed by atoms with E-state index in [1.165, 1.54) is 23.5 Å². The molecular weight excluding hydrogens is 315 g/mol. The van der Waals surface area contributed by atoms with Gasteiger partial charge in [0.2, 0.25) is 0 Å². The number of rotatable bonds is 2. The highest BCUT2D eigenvalue weighted by Crippen LogP contribution is 2.18. The smallest absolute Gasteiger partial charge is 0.300 e. The first-order valence-electron chi connectivity index (χ1n) is 6.81. The molecule has 0 radical (unpaired) electrons. The Labute approximate surface area is 135 Å². The molecule has 0 aliphatic heterocycles. The molecule has 23 heavy (non-hydrogen) atoms. The van der Waals surface area contributed by atoms with Gasteiger partial charge in [-0.25, -0.2) is 4.39 Å². The van der Waals surface area contributed by atoms with Gasteiger partial charge in [0, 0.05) is 18.8 Å². The van der Waals surface area contributed by atoms with Gasteiger partial charge in [0.05, 0.1) is 16.8 Å². The number of carbonyl (C=O) groups is 1. The topological polar surface area (TPSA) is 52.2 Å². The average Bonchev–Trinajstić information content (AvgIpc) is 2.99. The van der Waals surface area contributed by atoms with Crippen molar-refractivity contribution in [3.05, 3.63) is 46.3 Å². The van der Waals surface area contributed by atoms with Crippen LogP contribution in [0.4, 0.5) is 4.39 Å². The summed E-state index contributed by atoms with van der Waals surface area (Å²) in [4.78, 5) is 16.9. The van der Waals surface area contributed by atoms with E-state index in [0.29, 0.717) is 15.2 Å². The number of aromatic nitrogens is 3. The summed E-state index contributed by atoms with van der Waals surface area (Å²) in [6.07, 6.45) is 7.14. The van der Waals surface area contributed by atoms with Crippen molar-refractivity contribution >= 4 is 27.5 Å². The second-order valence-corrected chi connectivity index (χ2v) is 6.05. The van der Waals surface area contributed by atoms with Gasteiger partial charge in [0.25, 0.3) is 5.91 Å². The largest absolute Gasteiger partial charge is 0.305 e. The predicted molar refractivity (Wildman–Crippen MR) is 86.4 cm³/mol. The Bertz CT molecular complexity index is 1020. The predicted octanol–water partition coefficient (Wildman–Crippen LogP) is 2.26. The molecule has 5 nitrogen and oxygen atoms in total. The van der Waals surface area contributed by atoms with Crippen LogP contribution in [0.1, 0.15) is 16.1 Å². The van der Waals surface area contributed by atoms with Crippen LogP contribution in [0.2, 0.25) is 0 Å². The molecule has 0 N–H and O–H groups in total. The number of terminal acetylenes is 1. The Morgan fingerprint density at radius 2 is 2.30 bits per heavy atom. The monoisotopic (exact) mass is 328 g/mol. The molecule has 0 bridgehead atoms. The van der Waals surface area contributed by atoms with Crippen LogP contribution in [0.3, 0.4) is 0 Å². The molecule has 0 spiro atoms. The van der Waals surface area contributed by atoms with Crippen LogP contribution >= 0.6 is 11.3 Å². The van der Waals surface area contributed by atoms with E-state index in [1.54, 1.807) is 35.5 Å². The summed E-state index contributed by atoms with van der Waals surface area (Å²) < 4.78 is 17.4. The number of fused-ring (bicyclic) bond motifs is 1. The van der Waals surface area contributed by atoms with E-state index < -0.39 is 5.91 Å². The number of hydrogen-bond acceptors (Lipinski definition) is 3. The van der Waals surface area contributed by atoms with Crippen molar-refractivity contribution in [3.63, 3.8) is 0 Å². The van der Waals surface area contributed by atoms with Crippen LogP contribution in [-0.2, 0) is 13.6 Å². The van der Waals surface area contributed by atoms with Gasteiger partial charge in [-0.3, -0.25) is 9.48 Å². The zero-order chi connectivity index (χ0) is 16.6. The first-order chi connectivity index (χ1) is 11.0. The number of amides is 1. The first kappa shape index (κ1) is 15.2. The van der Waals surface area contributed by atoms with Gasteiger partial charge in [-0.2, -0.15) is 10.1 Å². The normalized spacial score (nSPS) is 11.8. The minimum absolute atomic E-state index is 0.249. The van der Waals surface area contributed by atoms with Gasteiger partial charge >= 0.3 is 0 Å². The number of carbonyl (C=O) groups excluding carboxylic acids is 1. The molecule has 2 aromatic heterocycles. The van der Waals surface area contributed by atoms with E-state index in [-0.39, 0.29) is 12.4 Å². The van der Waals surface area contributed by atoms with Crippen LogP contribution in [0.25, 0.3) is 10.2 Å². The summed E-state index contributed by atoms with van der Waals surface area (Å²) in [7, 11) is 1.74. The van der Waals surface area contributed by atoms with Gasteiger partial charge < -0.3 is 4.57 Å². The second kappa shape index (κ2) is 5.82. The highest BCUT2D eigenvalue weighted by atomic mass is 32.1. The zero-order valence-corrected chi connectivity index (χ0v) is 13.4. The SMILES string of the molecule is C#CCn1c(=NC(=O)c2nn(C)cc2C)sc2cc(F)ccc21. The highest BCUT2D eigenvalue weighted by molar-refractivity contribution is 7.16. The van der Waals surface area contributed by atoms with Crippen molar-refractivity contribution in [2.75, 3.05) is 0 Å². The summed E-state index contributed by atoms with van der Waals surface area (Å²) in [6.45, 7) is 2.05. The summed E-state index contributed by atoms with van der Waals surface area (Å²) in [6, 6.07) is 4.40. The summed E-state index contributed by atoms with van der Waals surface area (Å²) in [5.74, 6) is 1.74. The third kappa shape index (κ3) is 2.81. The van der Waals surface area contributed by atoms with Crippen LogP contribution in [0.5, 0.6) is 0 Å². The van der Waals surface area contributed by atoms with E-state index in [2.05, 4.69) is 16.0 Å². The third-order valence-electron chi connectivity index (χ3n) is 3.31. The van der Waals surface area contributed by atoms with Gasteiger partial charge in [0.15, 0.2) is 10.5 Å². The standard InChI is InChI=1S/C16H13FN4OS/c1-4-7-21-12-6-5-11(17)8-13(12)23-16(21)18-15(22)14-10(2)9-20(3)19-14/h1,5-6,8-9H,7H2,2-3H3. The van der Waals surface area contributed by atoms with E-state index in [0.717, 1.165) is 11.1 Å². The lowest BCUT2D eigenvalue weighted by Gasteiger charge is -1.99. The highest BCUT2D eigenvalue weighted by Gasteiger charge is 2.14. The fraction of sp³-hybridized carbons (Fsp3) is 0.188. The molecule has 3 rings (SSSR count). The maximum Gasteiger partial charge on any atom is 0.300 e.